The summed E-state index contributed by atoms with van der Waals surface area (Å²) in [6.45, 7) is 0. The third kappa shape index (κ3) is 2.11. The summed E-state index contributed by atoms with van der Waals surface area (Å²) in [7, 11) is 0. The summed E-state index contributed by atoms with van der Waals surface area (Å²) in [6.07, 6.45) is -1.11. The topological polar surface area (TPSA) is 17.8 Å². The molecule has 16 heavy (non-hydrogen) atoms. The normalized spacial score (nSPS) is 11.8. The predicted molar refractivity (Wildman–Crippen MR) is 56.3 cm³/mol. The van der Waals surface area contributed by atoms with E-state index < -0.39 is 11.7 Å². The van der Waals surface area contributed by atoms with Gasteiger partial charge in [0, 0.05) is 16.9 Å². The van der Waals surface area contributed by atoms with Crippen molar-refractivity contribution in [2.45, 2.75) is 6.18 Å². The number of halogens is 4. The van der Waals surface area contributed by atoms with Crippen molar-refractivity contribution in [1.29, 1.82) is 0 Å². The fourth-order valence-electron chi connectivity index (χ4n) is 1.28. The van der Waals surface area contributed by atoms with Crippen molar-refractivity contribution in [3.05, 3.63) is 46.7 Å². The molecule has 0 fully saturated rings. The molecule has 0 atom stereocenters. The Kier molecular flexibility index (Phi) is 2.75. The van der Waals surface area contributed by atoms with Crippen molar-refractivity contribution < 1.29 is 13.2 Å². The highest BCUT2D eigenvalue weighted by atomic mass is 79.9. The number of alkyl halides is 3. The van der Waals surface area contributed by atoms with E-state index in [2.05, 4.69) is 21.0 Å². The molecule has 1 aromatic heterocycles. The molecule has 2 aromatic rings. The fourth-order valence-corrected chi connectivity index (χ4v) is 1.84. The van der Waals surface area contributed by atoms with Crippen LogP contribution in [0.5, 0.6) is 0 Å². The van der Waals surface area contributed by atoms with Crippen LogP contribution in [-0.2, 0) is 6.18 Å². The van der Waals surface area contributed by atoms with Crippen LogP contribution in [0.1, 0.15) is 5.56 Å². The Morgan fingerprint density at radius 1 is 1.25 bits per heavy atom. The standard InChI is InChI=1S/C10H6BrF3N2/c11-8-6-7(10(12,13)14)2-3-9(8)16-5-1-4-15-16/h1-6H. The number of hydrogen-bond acceptors (Lipinski definition) is 1. The first-order valence-corrected chi connectivity index (χ1v) is 5.14. The van der Waals surface area contributed by atoms with Gasteiger partial charge in [-0.25, -0.2) is 4.68 Å². The first kappa shape index (κ1) is 11.2. The molecule has 0 saturated heterocycles. The SMILES string of the molecule is FC(F)(F)c1ccc(-n2cccn2)c(Br)c1. The maximum absolute atomic E-state index is 12.4. The van der Waals surface area contributed by atoms with Crippen molar-refractivity contribution in [3.63, 3.8) is 0 Å². The Balaban J connectivity index is 2.46. The van der Waals surface area contributed by atoms with Crippen LogP contribution in [-0.4, -0.2) is 9.78 Å². The van der Waals surface area contributed by atoms with Crippen LogP contribution >= 0.6 is 15.9 Å². The molecular weight excluding hydrogens is 285 g/mol. The van der Waals surface area contributed by atoms with E-state index in [0.717, 1.165) is 12.1 Å². The molecule has 2 nitrogen and oxygen atoms in total. The summed E-state index contributed by atoms with van der Waals surface area (Å²) in [6, 6.07) is 5.14. The number of nitrogens with zero attached hydrogens (tertiary/aromatic N) is 2. The lowest BCUT2D eigenvalue weighted by Crippen LogP contribution is -2.06. The summed E-state index contributed by atoms with van der Waals surface area (Å²) < 4.78 is 39.0. The van der Waals surface area contributed by atoms with Gasteiger partial charge >= 0.3 is 6.18 Å². The van der Waals surface area contributed by atoms with Gasteiger partial charge in [0.1, 0.15) is 0 Å². The lowest BCUT2D eigenvalue weighted by molar-refractivity contribution is -0.137. The van der Waals surface area contributed by atoms with Gasteiger partial charge in [-0.3, -0.25) is 0 Å². The zero-order valence-corrected chi connectivity index (χ0v) is 9.46. The molecule has 0 bridgehead atoms. The van der Waals surface area contributed by atoms with E-state index in [1.165, 1.54) is 10.7 Å². The molecule has 0 saturated carbocycles. The average Bonchev–Trinajstić information content (AvgIpc) is 2.69. The number of rotatable bonds is 1. The van der Waals surface area contributed by atoms with Crippen LogP contribution < -0.4 is 0 Å². The van der Waals surface area contributed by atoms with Crippen LogP contribution in [0, 0.1) is 0 Å². The monoisotopic (exact) mass is 290 g/mol. The number of hydrogen-bond donors (Lipinski definition) is 0. The summed E-state index contributed by atoms with van der Waals surface area (Å²) in [5, 5.41) is 3.94. The van der Waals surface area contributed by atoms with Gasteiger partial charge in [0.15, 0.2) is 0 Å². The third-order valence-electron chi connectivity index (χ3n) is 2.03. The van der Waals surface area contributed by atoms with Gasteiger partial charge in [-0.2, -0.15) is 18.3 Å². The smallest absolute Gasteiger partial charge is 0.240 e. The van der Waals surface area contributed by atoms with E-state index in [9.17, 15) is 13.2 Å². The van der Waals surface area contributed by atoms with Gasteiger partial charge in [0.05, 0.1) is 11.3 Å². The summed E-state index contributed by atoms with van der Waals surface area (Å²) in [5.41, 5.74) is -0.117. The molecule has 0 aliphatic carbocycles. The second-order valence-corrected chi connectivity index (χ2v) is 3.97. The van der Waals surface area contributed by atoms with Crippen LogP contribution in [0.4, 0.5) is 13.2 Å². The van der Waals surface area contributed by atoms with Gasteiger partial charge < -0.3 is 0 Å². The molecule has 0 aliphatic heterocycles. The molecule has 0 unspecified atom stereocenters. The fraction of sp³-hybridized carbons (Fsp3) is 0.100. The predicted octanol–water partition coefficient (Wildman–Crippen LogP) is 3.65. The second-order valence-electron chi connectivity index (χ2n) is 3.11. The van der Waals surface area contributed by atoms with Crippen LogP contribution in [0.2, 0.25) is 0 Å². The molecule has 84 valence electrons. The van der Waals surface area contributed by atoms with E-state index in [1.807, 2.05) is 0 Å². The minimum atomic E-state index is -4.33. The highest BCUT2D eigenvalue weighted by Crippen LogP contribution is 2.33. The zero-order valence-electron chi connectivity index (χ0n) is 7.87. The first-order chi connectivity index (χ1) is 7.48. The second kappa shape index (κ2) is 3.93. The molecule has 0 amide bonds. The highest BCUT2D eigenvalue weighted by molar-refractivity contribution is 9.10. The Morgan fingerprint density at radius 2 is 2.00 bits per heavy atom. The van der Waals surface area contributed by atoms with Crippen LogP contribution in [0.3, 0.4) is 0 Å². The molecule has 6 heteroatoms. The molecule has 0 radical (unpaired) electrons. The van der Waals surface area contributed by atoms with E-state index >= 15 is 0 Å². The molecule has 0 N–H and O–H groups in total. The Morgan fingerprint density at radius 3 is 2.50 bits per heavy atom. The van der Waals surface area contributed by atoms with Crippen LogP contribution in [0.25, 0.3) is 5.69 Å². The van der Waals surface area contributed by atoms with Gasteiger partial charge in [0.2, 0.25) is 0 Å². The van der Waals surface area contributed by atoms with E-state index in [-0.39, 0.29) is 0 Å². The van der Waals surface area contributed by atoms with Crippen molar-refractivity contribution in [2.75, 3.05) is 0 Å². The Bertz CT molecular complexity index is 491. The van der Waals surface area contributed by atoms with Crippen molar-refractivity contribution in [2.24, 2.45) is 0 Å². The third-order valence-corrected chi connectivity index (χ3v) is 2.66. The van der Waals surface area contributed by atoms with E-state index in [4.69, 9.17) is 0 Å². The van der Waals surface area contributed by atoms with Crippen molar-refractivity contribution in [3.8, 4) is 5.69 Å². The summed E-state index contributed by atoms with van der Waals surface area (Å²) in [5.74, 6) is 0. The largest absolute Gasteiger partial charge is 0.416 e. The maximum atomic E-state index is 12.4. The molecule has 2 rings (SSSR count). The highest BCUT2D eigenvalue weighted by Gasteiger charge is 2.30. The lowest BCUT2D eigenvalue weighted by atomic mass is 10.2. The van der Waals surface area contributed by atoms with Gasteiger partial charge in [0.25, 0.3) is 0 Å². The minimum absolute atomic E-state index is 0.353. The molecule has 0 aliphatic rings. The Hall–Kier alpha value is -1.30. The van der Waals surface area contributed by atoms with E-state index in [0.29, 0.717) is 10.2 Å². The van der Waals surface area contributed by atoms with E-state index in [1.54, 1.807) is 18.5 Å². The molecular formula is C10H6BrF3N2. The van der Waals surface area contributed by atoms with Gasteiger partial charge in [-0.1, -0.05) is 0 Å². The average molecular weight is 291 g/mol. The minimum Gasteiger partial charge on any atom is -0.240 e. The zero-order chi connectivity index (χ0) is 11.8. The first-order valence-electron chi connectivity index (χ1n) is 4.35. The van der Waals surface area contributed by atoms with Crippen molar-refractivity contribution in [1.82, 2.24) is 9.78 Å². The molecule has 0 spiro atoms. The van der Waals surface area contributed by atoms with Gasteiger partial charge in [-0.15, -0.1) is 0 Å². The summed E-state index contributed by atoms with van der Waals surface area (Å²) in [4.78, 5) is 0. The Labute approximate surface area is 97.8 Å². The molecule has 1 heterocycles. The number of aromatic nitrogens is 2. The lowest BCUT2D eigenvalue weighted by Gasteiger charge is -2.09. The van der Waals surface area contributed by atoms with Crippen molar-refractivity contribution >= 4 is 15.9 Å². The molecule has 1 aromatic carbocycles. The van der Waals surface area contributed by atoms with Crippen LogP contribution in [0.15, 0.2) is 41.1 Å². The van der Waals surface area contributed by atoms with Gasteiger partial charge in [-0.05, 0) is 40.2 Å². The quantitative estimate of drug-likeness (QED) is 0.784. The maximum Gasteiger partial charge on any atom is 0.416 e. The number of benzene rings is 1. The summed E-state index contributed by atoms with van der Waals surface area (Å²) >= 11 is 3.10.